The van der Waals surface area contributed by atoms with E-state index in [4.69, 9.17) is 17.3 Å². The summed E-state index contributed by atoms with van der Waals surface area (Å²) in [6, 6.07) is 11.7. The average Bonchev–Trinajstić information content (AvgIpc) is 2.34. The topological polar surface area (TPSA) is 42.2 Å². The van der Waals surface area contributed by atoms with Crippen LogP contribution in [0.5, 0.6) is 0 Å². The van der Waals surface area contributed by atoms with Crippen molar-refractivity contribution in [1.29, 1.82) is 0 Å². The lowest BCUT2D eigenvalue weighted by molar-refractivity contribution is 0.992. The van der Waals surface area contributed by atoms with Crippen molar-refractivity contribution in [3.8, 4) is 0 Å². The van der Waals surface area contributed by atoms with Gasteiger partial charge in [0.2, 0.25) is 0 Å². The van der Waals surface area contributed by atoms with Gasteiger partial charge in [-0.15, -0.1) is 0 Å². The minimum atomic E-state index is 0.551. The largest absolute Gasteiger partial charge is 0.396 e. The van der Waals surface area contributed by atoms with Crippen LogP contribution in [0, 0.1) is 0 Å². The van der Waals surface area contributed by atoms with Crippen LogP contribution < -0.4 is 10.6 Å². The minimum absolute atomic E-state index is 0.551. The van der Waals surface area contributed by atoms with Gasteiger partial charge in [-0.25, -0.2) is 4.98 Å². The van der Waals surface area contributed by atoms with Gasteiger partial charge in [-0.3, -0.25) is 0 Å². The highest BCUT2D eigenvalue weighted by molar-refractivity contribution is 6.30. The highest BCUT2D eigenvalue weighted by atomic mass is 35.5. The maximum atomic E-state index is 5.95. The van der Waals surface area contributed by atoms with Crippen LogP contribution in [0.25, 0.3) is 0 Å². The van der Waals surface area contributed by atoms with E-state index in [0.717, 1.165) is 18.1 Å². The Kier molecular flexibility index (Phi) is 3.49. The Labute approximate surface area is 106 Å². The smallest absolute Gasteiger partial charge is 0.156 e. The van der Waals surface area contributed by atoms with Gasteiger partial charge in [0.25, 0.3) is 0 Å². The lowest BCUT2D eigenvalue weighted by Gasteiger charge is -2.23. The van der Waals surface area contributed by atoms with Crippen molar-refractivity contribution >= 4 is 28.8 Å². The summed E-state index contributed by atoms with van der Waals surface area (Å²) in [5.74, 6) is 0.739. The van der Waals surface area contributed by atoms with Crippen molar-refractivity contribution in [3.63, 3.8) is 0 Å². The van der Waals surface area contributed by atoms with Crippen molar-refractivity contribution in [3.05, 3.63) is 47.6 Å². The van der Waals surface area contributed by atoms with Crippen molar-refractivity contribution < 1.29 is 0 Å². The molecule has 0 saturated carbocycles. The molecule has 0 unspecified atom stereocenters. The zero-order valence-corrected chi connectivity index (χ0v) is 10.4. The molecule has 2 N–H and O–H groups in total. The van der Waals surface area contributed by atoms with Crippen LogP contribution in [0.3, 0.4) is 0 Å². The highest BCUT2D eigenvalue weighted by Gasteiger charge is 2.11. The number of nitrogen functional groups attached to an aromatic ring is 1. The number of halogens is 1. The minimum Gasteiger partial charge on any atom is -0.396 e. The summed E-state index contributed by atoms with van der Waals surface area (Å²) in [6.45, 7) is 2.85. The summed E-state index contributed by atoms with van der Waals surface area (Å²) in [5.41, 5.74) is 7.60. The summed E-state index contributed by atoms with van der Waals surface area (Å²) in [7, 11) is 0. The van der Waals surface area contributed by atoms with Gasteiger partial charge in [0, 0.05) is 18.4 Å². The molecule has 17 heavy (non-hydrogen) atoms. The molecule has 2 rings (SSSR count). The lowest BCUT2D eigenvalue weighted by Crippen LogP contribution is -2.18. The SMILES string of the molecule is CCN(c1ccccc1)c1ncc(Cl)cc1N. The normalized spacial score (nSPS) is 10.2. The molecule has 0 aliphatic carbocycles. The van der Waals surface area contributed by atoms with Crippen LogP contribution in [-0.4, -0.2) is 11.5 Å². The van der Waals surface area contributed by atoms with E-state index < -0.39 is 0 Å². The Morgan fingerprint density at radius 1 is 1.29 bits per heavy atom. The third kappa shape index (κ3) is 2.50. The van der Waals surface area contributed by atoms with E-state index in [-0.39, 0.29) is 0 Å². The molecule has 0 radical (unpaired) electrons. The Hall–Kier alpha value is -1.74. The third-order valence-corrected chi connectivity index (χ3v) is 2.71. The second-order valence-electron chi connectivity index (χ2n) is 3.65. The zero-order chi connectivity index (χ0) is 12.3. The molecule has 1 aromatic carbocycles. The first-order valence-corrected chi connectivity index (χ1v) is 5.83. The fourth-order valence-corrected chi connectivity index (χ4v) is 1.90. The van der Waals surface area contributed by atoms with Crippen LogP contribution in [-0.2, 0) is 0 Å². The van der Waals surface area contributed by atoms with Crippen LogP contribution in [0.2, 0.25) is 5.02 Å². The van der Waals surface area contributed by atoms with E-state index in [1.807, 2.05) is 35.2 Å². The quantitative estimate of drug-likeness (QED) is 0.903. The molecule has 0 aliphatic rings. The molecule has 0 atom stereocenters. The fourth-order valence-electron chi connectivity index (χ4n) is 1.74. The number of aromatic nitrogens is 1. The zero-order valence-electron chi connectivity index (χ0n) is 9.60. The Balaban J connectivity index is 2.42. The second-order valence-corrected chi connectivity index (χ2v) is 4.08. The number of nitrogens with two attached hydrogens (primary N) is 1. The predicted molar refractivity (Wildman–Crippen MR) is 72.8 cm³/mol. The van der Waals surface area contributed by atoms with Gasteiger partial charge in [-0.1, -0.05) is 29.8 Å². The van der Waals surface area contributed by atoms with Gasteiger partial charge >= 0.3 is 0 Å². The molecular formula is C13H14ClN3. The van der Waals surface area contributed by atoms with Crippen LogP contribution in [0.1, 0.15) is 6.92 Å². The summed E-state index contributed by atoms with van der Waals surface area (Å²) >= 11 is 5.85. The number of rotatable bonds is 3. The Morgan fingerprint density at radius 3 is 2.59 bits per heavy atom. The predicted octanol–water partition coefficient (Wildman–Crippen LogP) is 3.48. The van der Waals surface area contributed by atoms with Crippen molar-refractivity contribution in [2.75, 3.05) is 17.2 Å². The summed E-state index contributed by atoms with van der Waals surface area (Å²) in [5, 5.41) is 0.551. The number of hydrogen-bond donors (Lipinski definition) is 1. The standard InChI is InChI=1S/C13H14ClN3/c1-2-17(11-6-4-3-5-7-11)13-12(15)8-10(14)9-16-13/h3-9H,2,15H2,1H3. The number of nitrogens with zero attached hydrogens (tertiary/aromatic N) is 2. The highest BCUT2D eigenvalue weighted by Crippen LogP contribution is 2.29. The van der Waals surface area contributed by atoms with Gasteiger partial charge in [-0.2, -0.15) is 0 Å². The average molecular weight is 248 g/mol. The van der Waals surface area contributed by atoms with Crippen LogP contribution in [0.15, 0.2) is 42.6 Å². The van der Waals surface area contributed by atoms with E-state index in [1.54, 1.807) is 12.3 Å². The molecule has 1 aromatic heterocycles. The van der Waals surface area contributed by atoms with Gasteiger partial charge in [0.15, 0.2) is 5.82 Å². The van der Waals surface area contributed by atoms with E-state index in [0.29, 0.717) is 10.7 Å². The summed E-state index contributed by atoms with van der Waals surface area (Å²) < 4.78 is 0. The number of para-hydroxylation sites is 1. The molecular weight excluding hydrogens is 234 g/mol. The molecule has 2 aromatic rings. The van der Waals surface area contributed by atoms with E-state index in [2.05, 4.69) is 11.9 Å². The summed E-state index contributed by atoms with van der Waals surface area (Å²) in [6.07, 6.45) is 1.61. The van der Waals surface area contributed by atoms with E-state index in [1.165, 1.54) is 0 Å². The van der Waals surface area contributed by atoms with Gasteiger partial charge in [-0.05, 0) is 25.1 Å². The molecule has 4 heteroatoms. The van der Waals surface area contributed by atoms with Crippen LogP contribution >= 0.6 is 11.6 Å². The number of pyridine rings is 1. The van der Waals surface area contributed by atoms with Crippen molar-refractivity contribution in [2.24, 2.45) is 0 Å². The number of anilines is 3. The Bertz CT molecular complexity index is 499. The lowest BCUT2D eigenvalue weighted by atomic mass is 10.2. The van der Waals surface area contributed by atoms with E-state index in [9.17, 15) is 0 Å². The molecule has 3 nitrogen and oxygen atoms in total. The van der Waals surface area contributed by atoms with Gasteiger partial charge in [0.05, 0.1) is 10.7 Å². The van der Waals surface area contributed by atoms with Crippen LogP contribution in [0.4, 0.5) is 17.2 Å². The van der Waals surface area contributed by atoms with Crippen molar-refractivity contribution in [2.45, 2.75) is 6.92 Å². The Morgan fingerprint density at radius 2 is 2.00 bits per heavy atom. The first-order chi connectivity index (χ1) is 8.22. The molecule has 1 heterocycles. The molecule has 88 valence electrons. The number of hydrogen-bond acceptors (Lipinski definition) is 3. The maximum Gasteiger partial charge on any atom is 0.156 e. The number of benzene rings is 1. The maximum absolute atomic E-state index is 5.95. The van der Waals surface area contributed by atoms with E-state index >= 15 is 0 Å². The summed E-state index contributed by atoms with van der Waals surface area (Å²) in [4.78, 5) is 6.34. The third-order valence-electron chi connectivity index (χ3n) is 2.50. The monoisotopic (exact) mass is 247 g/mol. The van der Waals surface area contributed by atoms with Gasteiger partial charge in [0.1, 0.15) is 0 Å². The molecule has 0 bridgehead atoms. The molecule has 0 saturated heterocycles. The first-order valence-electron chi connectivity index (χ1n) is 5.46. The van der Waals surface area contributed by atoms with Gasteiger partial charge < -0.3 is 10.6 Å². The second kappa shape index (κ2) is 5.06. The van der Waals surface area contributed by atoms with Crippen molar-refractivity contribution in [1.82, 2.24) is 4.98 Å². The first kappa shape index (κ1) is 11.7. The molecule has 0 fully saturated rings. The molecule has 0 aliphatic heterocycles. The molecule has 0 amide bonds. The fraction of sp³-hybridized carbons (Fsp3) is 0.154. The molecule has 0 spiro atoms.